The third kappa shape index (κ3) is 5.78. The minimum absolute atomic E-state index is 0.160. The van der Waals surface area contributed by atoms with Crippen molar-refractivity contribution in [3.05, 3.63) is 115 Å². The third-order valence-electron chi connectivity index (χ3n) is 7.81. The van der Waals surface area contributed by atoms with E-state index in [1.54, 1.807) is 17.0 Å². The molecule has 2 heterocycles. The smallest absolute Gasteiger partial charge is 0.407 e. The molecular formula is C34H31N5O4. The van der Waals surface area contributed by atoms with Crippen LogP contribution in [0.2, 0.25) is 0 Å². The molecule has 0 spiro atoms. The number of hydrogen-bond donors (Lipinski definition) is 3. The highest BCUT2D eigenvalue weighted by Crippen LogP contribution is 2.39. The van der Waals surface area contributed by atoms with Crippen molar-refractivity contribution in [3.8, 4) is 11.1 Å². The molecule has 43 heavy (non-hydrogen) atoms. The van der Waals surface area contributed by atoms with Crippen molar-refractivity contribution in [1.29, 1.82) is 0 Å². The number of benzene rings is 4. The Bertz CT molecular complexity index is 1700. The summed E-state index contributed by atoms with van der Waals surface area (Å²) in [4.78, 5) is 42.8. The number of hydrogen-bond acceptors (Lipinski definition) is 5. The standard InChI is InChI=1S/C34H31N5O4/c1-2-32(40)35-26-11-15-30-31(21-26)39(22-23-6-4-3-5-7-23)33(41)28-20-25(10-14-29(28)36-30)24-8-12-27(13-9-24)37-16-18-38(19-17-37)34(42)43/h2-15,20-21,36H,1,16-19,22H2,(H,35,40)(H,42,43). The lowest BCUT2D eigenvalue weighted by Crippen LogP contribution is -2.48. The maximum atomic E-state index is 14.2. The van der Waals surface area contributed by atoms with E-state index >= 15 is 0 Å². The Balaban J connectivity index is 1.31. The zero-order chi connectivity index (χ0) is 29.9. The highest BCUT2D eigenvalue weighted by molar-refractivity contribution is 6.14. The van der Waals surface area contributed by atoms with Crippen LogP contribution in [0, 0.1) is 0 Å². The van der Waals surface area contributed by atoms with Gasteiger partial charge in [0.2, 0.25) is 5.91 Å². The van der Waals surface area contributed by atoms with Gasteiger partial charge in [-0.3, -0.25) is 9.59 Å². The SMILES string of the molecule is C=CC(=O)Nc1ccc2c(c1)N(Cc1ccccc1)C(=O)c1cc(-c3ccc(N4CCN(C(=O)O)CC4)cc3)ccc1N2. The molecule has 4 aromatic rings. The van der Waals surface area contributed by atoms with Gasteiger partial charge in [0.1, 0.15) is 0 Å². The van der Waals surface area contributed by atoms with Gasteiger partial charge < -0.3 is 30.4 Å². The second-order valence-electron chi connectivity index (χ2n) is 10.5. The maximum Gasteiger partial charge on any atom is 0.407 e. The average molecular weight is 574 g/mol. The highest BCUT2D eigenvalue weighted by Gasteiger charge is 2.28. The number of amides is 3. The molecule has 0 bridgehead atoms. The summed E-state index contributed by atoms with van der Waals surface area (Å²) in [7, 11) is 0. The molecular weight excluding hydrogens is 542 g/mol. The molecule has 9 nitrogen and oxygen atoms in total. The summed E-state index contributed by atoms with van der Waals surface area (Å²) in [5, 5.41) is 15.5. The number of carbonyl (C=O) groups is 3. The van der Waals surface area contributed by atoms with E-state index in [9.17, 15) is 19.5 Å². The monoisotopic (exact) mass is 573 g/mol. The van der Waals surface area contributed by atoms with Crippen LogP contribution >= 0.6 is 0 Å². The fourth-order valence-electron chi connectivity index (χ4n) is 5.48. The minimum atomic E-state index is -0.882. The summed E-state index contributed by atoms with van der Waals surface area (Å²) in [6, 6.07) is 29.2. The van der Waals surface area contributed by atoms with Crippen molar-refractivity contribution < 1.29 is 19.5 Å². The van der Waals surface area contributed by atoms with Gasteiger partial charge in [0.25, 0.3) is 5.91 Å². The van der Waals surface area contributed by atoms with E-state index in [1.165, 1.54) is 11.0 Å². The molecule has 0 unspecified atom stereocenters. The fraction of sp³-hybridized carbons (Fsp3) is 0.147. The minimum Gasteiger partial charge on any atom is -0.465 e. The summed E-state index contributed by atoms with van der Waals surface area (Å²) in [6.45, 7) is 6.10. The Morgan fingerprint density at radius 3 is 2.26 bits per heavy atom. The van der Waals surface area contributed by atoms with Crippen LogP contribution in [0.5, 0.6) is 0 Å². The van der Waals surface area contributed by atoms with E-state index in [1.807, 2.05) is 78.9 Å². The van der Waals surface area contributed by atoms with Crippen molar-refractivity contribution in [2.75, 3.05) is 46.6 Å². The molecule has 0 aliphatic carbocycles. The quantitative estimate of drug-likeness (QED) is 0.238. The van der Waals surface area contributed by atoms with Gasteiger partial charge in [-0.1, -0.05) is 55.1 Å². The molecule has 9 heteroatoms. The first kappa shape index (κ1) is 27.6. The Hall–Kier alpha value is -5.57. The van der Waals surface area contributed by atoms with Gasteiger partial charge in [-0.2, -0.15) is 0 Å². The molecule has 1 saturated heterocycles. The van der Waals surface area contributed by atoms with Crippen molar-refractivity contribution in [3.63, 3.8) is 0 Å². The van der Waals surface area contributed by atoms with E-state index < -0.39 is 6.09 Å². The van der Waals surface area contributed by atoms with Crippen LogP contribution in [0.4, 0.5) is 33.2 Å². The van der Waals surface area contributed by atoms with Gasteiger partial charge in [0, 0.05) is 37.6 Å². The van der Waals surface area contributed by atoms with Gasteiger partial charge in [-0.05, 0) is 65.2 Å². The molecule has 3 amide bonds. The summed E-state index contributed by atoms with van der Waals surface area (Å²) in [5.74, 6) is -0.490. The molecule has 2 aliphatic heterocycles. The Morgan fingerprint density at radius 1 is 0.860 bits per heavy atom. The molecule has 216 valence electrons. The number of rotatable bonds is 6. The summed E-state index contributed by atoms with van der Waals surface area (Å²) >= 11 is 0. The third-order valence-corrected chi connectivity index (χ3v) is 7.81. The van der Waals surface area contributed by atoms with Gasteiger partial charge in [0.05, 0.1) is 29.2 Å². The van der Waals surface area contributed by atoms with Crippen LogP contribution in [-0.4, -0.2) is 54.1 Å². The van der Waals surface area contributed by atoms with E-state index in [0.29, 0.717) is 55.3 Å². The van der Waals surface area contributed by atoms with Gasteiger partial charge in [-0.25, -0.2) is 4.79 Å². The van der Waals surface area contributed by atoms with Crippen molar-refractivity contribution >= 4 is 46.3 Å². The Labute approximate surface area is 249 Å². The van der Waals surface area contributed by atoms with Crippen LogP contribution in [0.15, 0.2) is 104 Å². The molecule has 6 rings (SSSR count). The number of carbonyl (C=O) groups excluding carboxylic acids is 2. The number of piperazine rings is 1. The van der Waals surface area contributed by atoms with E-state index in [4.69, 9.17) is 0 Å². The lowest BCUT2D eigenvalue weighted by molar-refractivity contribution is -0.111. The fourth-order valence-corrected chi connectivity index (χ4v) is 5.48. The molecule has 0 atom stereocenters. The van der Waals surface area contributed by atoms with Crippen LogP contribution in [-0.2, 0) is 11.3 Å². The zero-order valence-electron chi connectivity index (χ0n) is 23.5. The summed E-state index contributed by atoms with van der Waals surface area (Å²) in [6.07, 6.45) is 0.327. The number of anilines is 5. The van der Waals surface area contributed by atoms with E-state index in [0.717, 1.165) is 28.1 Å². The summed E-state index contributed by atoms with van der Waals surface area (Å²) < 4.78 is 0. The molecule has 0 aromatic heterocycles. The Morgan fingerprint density at radius 2 is 1.56 bits per heavy atom. The molecule has 1 fully saturated rings. The lowest BCUT2D eigenvalue weighted by atomic mass is 10.0. The van der Waals surface area contributed by atoms with Gasteiger partial charge >= 0.3 is 6.09 Å². The number of fused-ring (bicyclic) bond motifs is 2. The van der Waals surface area contributed by atoms with Crippen LogP contribution in [0.1, 0.15) is 15.9 Å². The van der Waals surface area contributed by atoms with E-state index in [2.05, 4.69) is 22.1 Å². The normalized spacial score (nSPS) is 14.2. The molecule has 0 radical (unpaired) electrons. The van der Waals surface area contributed by atoms with Crippen LogP contribution in [0.3, 0.4) is 0 Å². The number of nitrogens with one attached hydrogen (secondary N) is 2. The molecule has 4 aromatic carbocycles. The second-order valence-corrected chi connectivity index (χ2v) is 10.5. The first-order valence-electron chi connectivity index (χ1n) is 14.1. The van der Waals surface area contributed by atoms with Crippen LogP contribution in [0.25, 0.3) is 11.1 Å². The predicted octanol–water partition coefficient (Wildman–Crippen LogP) is 6.18. The molecule has 2 aliphatic rings. The average Bonchev–Trinajstić information content (AvgIpc) is 3.15. The van der Waals surface area contributed by atoms with Crippen LogP contribution < -0.4 is 20.4 Å². The largest absolute Gasteiger partial charge is 0.465 e. The van der Waals surface area contributed by atoms with Gasteiger partial charge in [-0.15, -0.1) is 0 Å². The second kappa shape index (κ2) is 11.7. The van der Waals surface area contributed by atoms with Crippen molar-refractivity contribution in [2.45, 2.75) is 6.54 Å². The topological polar surface area (TPSA) is 105 Å². The van der Waals surface area contributed by atoms with Crippen molar-refractivity contribution in [1.82, 2.24) is 4.90 Å². The molecule has 3 N–H and O–H groups in total. The number of carboxylic acid groups (broad SMARTS) is 1. The van der Waals surface area contributed by atoms with E-state index in [-0.39, 0.29) is 11.8 Å². The highest BCUT2D eigenvalue weighted by atomic mass is 16.4. The lowest BCUT2D eigenvalue weighted by Gasteiger charge is -2.34. The summed E-state index contributed by atoms with van der Waals surface area (Å²) in [5.41, 5.74) is 7.08. The van der Waals surface area contributed by atoms with Crippen molar-refractivity contribution in [2.24, 2.45) is 0 Å². The Kier molecular flexibility index (Phi) is 7.53. The number of nitrogens with zero attached hydrogens (tertiary/aromatic N) is 3. The zero-order valence-corrected chi connectivity index (χ0v) is 23.5. The molecule has 0 saturated carbocycles. The first-order valence-corrected chi connectivity index (χ1v) is 14.1. The maximum absolute atomic E-state index is 14.2. The van der Waals surface area contributed by atoms with Gasteiger partial charge in [0.15, 0.2) is 0 Å². The first-order chi connectivity index (χ1) is 20.9. The predicted molar refractivity (Wildman–Crippen MR) is 169 cm³/mol.